The van der Waals surface area contributed by atoms with Gasteiger partial charge in [-0.15, -0.1) is 0 Å². The number of benzene rings is 1. The Kier molecular flexibility index (Phi) is 12.0. The molecule has 0 saturated carbocycles. The molecule has 12 nitrogen and oxygen atoms in total. The molecule has 43 heavy (non-hydrogen) atoms. The average molecular weight is 636 g/mol. The largest absolute Gasteiger partial charge is 0.444 e. The number of carbonyl (C=O) groups excluding carboxylic acids is 2. The summed E-state index contributed by atoms with van der Waals surface area (Å²) in [6.45, 7) is 13.8. The predicted octanol–water partition coefficient (Wildman–Crippen LogP) is 4.95. The second kappa shape index (κ2) is 15.2. The van der Waals surface area contributed by atoms with Gasteiger partial charge in [0.2, 0.25) is 11.9 Å². The van der Waals surface area contributed by atoms with Gasteiger partial charge in [0, 0.05) is 49.3 Å². The van der Waals surface area contributed by atoms with Crippen molar-refractivity contribution in [3.63, 3.8) is 0 Å². The molecule has 3 heterocycles. The molecule has 0 unspecified atom stereocenters. The quantitative estimate of drug-likeness (QED) is 0.352. The highest BCUT2D eigenvalue weighted by atomic mass is 35.5. The molecule has 3 aromatic rings. The van der Waals surface area contributed by atoms with E-state index in [1.807, 2.05) is 25.7 Å². The fraction of sp³-hybridized carbons (Fsp3) is 0.517. The number of anilines is 2. The monoisotopic (exact) mass is 634 g/mol. The molecule has 1 fully saturated rings. The van der Waals surface area contributed by atoms with E-state index in [-0.39, 0.29) is 29.0 Å². The molecule has 1 aromatic carbocycles. The van der Waals surface area contributed by atoms with Gasteiger partial charge in [-0.1, -0.05) is 50.0 Å². The summed E-state index contributed by atoms with van der Waals surface area (Å²) in [4.78, 5) is 59.4. The summed E-state index contributed by atoms with van der Waals surface area (Å²) in [6.07, 6.45) is 1.50. The van der Waals surface area contributed by atoms with E-state index in [1.165, 1.54) is 11.2 Å². The molecule has 0 atom stereocenters. The zero-order chi connectivity index (χ0) is 31.7. The van der Waals surface area contributed by atoms with Crippen LogP contribution in [0.5, 0.6) is 0 Å². The Labute approximate surface area is 261 Å². The molecule has 14 heteroatoms. The first kappa shape index (κ1) is 33.9. The summed E-state index contributed by atoms with van der Waals surface area (Å²) < 4.78 is 5.47. The molecule has 1 aliphatic rings. The summed E-state index contributed by atoms with van der Waals surface area (Å²) in [5.41, 5.74) is 0.00436. The maximum Gasteiger partial charge on any atom is 0.410 e. The van der Waals surface area contributed by atoms with Crippen LogP contribution in [0.4, 0.5) is 16.6 Å². The van der Waals surface area contributed by atoms with Gasteiger partial charge < -0.3 is 24.8 Å². The number of rotatable bonds is 8. The molecular formula is C29H40Cl2N8O4. The minimum atomic E-state index is -0.647. The van der Waals surface area contributed by atoms with E-state index in [0.717, 1.165) is 5.56 Å². The summed E-state index contributed by atoms with van der Waals surface area (Å²) in [5.74, 6) is 0.545. The number of H-pyrrole nitrogens is 1. The Morgan fingerprint density at radius 3 is 2.44 bits per heavy atom. The first-order valence-electron chi connectivity index (χ1n) is 14.4. The van der Waals surface area contributed by atoms with Crippen LogP contribution >= 0.6 is 23.2 Å². The van der Waals surface area contributed by atoms with Gasteiger partial charge in [-0.05, 0) is 44.9 Å². The van der Waals surface area contributed by atoms with E-state index in [0.29, 0.717) is 67.5 Å². The van der Waals surface area contributed by atoms with Crippen LogP contribution in [0, 0.1) is 0 Å². The highest BCUT2D eigenvalue weighted by molar-refractivity contribution is 6.35. The molecule has 0 bridgehead atoms. The molecule has 2 amide bonds. The Balaban J connectivity index is 0.00000248. The van der Waals surface area contributed by atoms with Crippen molar-refractivity contribution in [3.05, 3.63) is 50.5 Å². The van der Waals surface area contributed by atoms with Crippen LogP contribution < -0.4 is 15.8 Å². The standard InChI is InChI=1S/C27H34Cl2N8O4.C2H6/c1-5-8-37(26(40)41-27(2,3)4)15-20(38)35-9-11-36(12-10-35)25-33-22(21-23(34-25)31-16-32-24(21)39)30-14-17-6-7-18(28)13-19(17)29;1-2/h6-7,13,16H,5,8-12,14-15H2,1-4H3,(H2,30,31,32,33,34,39);1-2H3. The lowest BCUT2D eigenvalue weighted by Crippen LogP contribution is -2.52. The lowest BCUT2D eigenvalue weighted by Gasteiger charge is -2.36. The first-order valence-corrected chi connectivity index (χ1v) is 15.1. The summed E-state index contributed by atoms with van der Waals surface area (Å²) in [6, 6.07) is 5.18. The van der Waals surface area contributed by atoms with Crippen molar-refractivity contribution in [2.24, 2.45) is 0 Å². The highest BCUT2D eigenvalue weighted by Crippen LogP contribution is 2.24. The van der Waals surface area contributed by atoms with Crippen molar-refractivity contribution in [3.8, 4) is 0 Å². The lowest BCUT2D eigenvalue weighted by atomic mass is 10.2. The lowest BCUT2D eigenvalue weighted by molar-refractivity contribution is -0.132. The number of halogens is 2. The van der Waals surface area contributed by atoms with E-state index in [2.05, 4.69) is 25.3 Å². The minimum absolute atomic E-state index is 0.0523. The molecule has 4 rings (SSSR count). The minimum Gasteiger partial charge on any atom is -0.444 e. The zero-order valence-corrected chi connectivity index (χ0v) is 27.1. The third-order valence-corrected chi connectivity index (χ3v) is 6.92. The van der Waals surface area contributed by atoms with Crippen molar-refractivity contribution >= 4 is 58.0 Å². The number of nitrogens with one attached hydrogen (secondary N) is 2. The third-order valence-electron chi connectivity index (χ3n) is 6.34. The van der Waals surface area contributed by atoms with Crippen LogP contribution in [0.15, 0.2) is 29.3 Å². The van der Waals surface area contributed by atoms with Crippen LogP contribution in [-0.4, -0.2) is 86.6 Å². The van der Waals surface area contributed by atoms with Crippen LogP contribution in [-0.2, 0) is 16.1 Å². The van der Waals surface area contributed by atoms with Crippen LogP contribution in [0.1, 0.15) is 53.5 Å². The van der Waals surface area contributed by atoms with Crippen LogP contribution in [0.2, 0.25) is 10.0 Å². The van der Waals surface area contributed by atoms with Gasteiger partial charge in [-0.25, -0.2) is 9.78 Å². The zero-order valence-electron chi connectivity index (χ0n) is 25.5. The normalized spacial score (nSPS) is 13.3. The summed E-state index contributed by atoms with van der Waals surface area (Å²) in [7, 11) is 0. The number of hydrogen-bond donors (Lipinski definition) is 2. The van der Waals surface area contributed by atoms with E-state index in [4.69, 9.17) is 27.9 Å². The van der Waals surface area contributed by atoms with E-state index >= 15 is 0 Å². The average Bonchev–Trinajstić information content (AvgIpc) is 2.96. The first-order chi connectivity index (χ1) is 20.4. The van der Waals surface area contributed by atoms with Crippen molar-refractivity contribution in [2.45, 2.75) is 60.1 Å². The van der Waals surface area contributed by atoms with Gasteiger partial charge in [0.1, 0.15) is 23.3 Å². The number of carbonyl (C=O) groups is 2. The number of fused-ring (bicyclic) bond motifs is 1. The number of hydrogen-bond acceptors (Lipinski definition) is 9. The van der Waals surface area contributed by atoms with Crippen molar-refractivity contribution < 1.29 is 14.3 Å². The van der Waals surface area contributed by atoms with Gasteiger partial charge >= 0.3 is 6.09 Å². The van der Waals surface area contributed by atoms with Crippen molar-refractivity contribution in [2.75, 3.05) is 49.5 Å². The molecule has 2 N–H and O–H groups in total. The molecular weight excluding hydrogens is 595 g/mol. The van der Waals surface area contributed by atoms with Gasteiger partial charge in [0.25, 0.3) is 5.56 Å². The molecule has 1 saturated heterocycles. The second-order valence-electron chi connectivity index (χ2n) is 10.7. The van der Waals surface area contributed by atoms with Crippen molar-refractivity contribution in [1.29, 1.82) is 0 Å². The second-order valence-corrected chi connectivity index (χ2v) is 11.5. The number of piperazine rings is 1. The van der Waals surface area contributed by atoms with Crippen LogP contribution in [0.25, 0.3) is 11.0 Å². The Bertz CT molecular complexity index is 1470. The topological polar surface area (TPSA) is 137 Å². The smallest absolute Gasteiger partial charge is 0.410 e. The predicted molar refractivity (Wildman–Crippen MR) is 170 cm³/mol. The SMILES string of the molecule is CC.CCCN(CC(=O)N1CCN(c2nc(NCc3ccc(Cl)cc3Cl)c3c(=O)[nH]cnc3n2)CC1)C(=O)OC(C)(C)C. The van der Waals surface area contributed by atoms with Gasteiger partial charge in [-0.2, -0.15) is 9.97 Å². The number of aromatic nitrogens is 4. The molecule has 234 valence electrons. The Hall–Kier alpha value is -3.64. The van der Waals surface area contributed by atoms with E-state index in [9.17, 15) is 14.4 Å². The fourth-order valence-corrected chi connectivity index (χ4v) is 4.80. The molecule has 2 aromatic heterocycles. The van der Waals surface area contributed by atoms with Crippen LogP contribution in [0.3, 0.4) is 0 Å². The van der Waals surface area contributed by atoms with Gasteiger partial charge in [0.05, 0.1) is 6.33 Å². The van der Waals surface area contributed by atoms with E-state index < -0.39 is 11.7 Å². The van der Waals surface area contributed by atoms with E-state index in [1.54, 1.807) is 43.9 Å². The third kappa shape index (κ3) is 9.17. The molecule has 0 radical (unpaired) electrons. The summed E-state index contributed by atoms with van der Waals surface area (Å²) >= 11 is 12.3. The Morgan fingerprint density at radius 1 is 1.12 bits per heavy atom. The maximum atomic E-state index is 13.1. The maximum absolute atomic E-state index is 13.1. The molecule has 1 aliphatic heterocycles. The van der Waals surface area contributed by atoms with Gasteiger partial charge in [0.15, 0.2) is 5.65 Å². The van der Waals surface area contributed by atoms with Gasteiger partial charge in [-0.3, -0.25) is 14.5 Å². The molecule has 0 spiro atoms. The summed E-state index contributed by atoms with van der Waals surface area (Å²) in [5, 5.41) is 4.43. The number of amides is 2. The molecule has 0 aliphatic carbocycles. The van der Waals surface area contributed by atoms with Crippen molar-refractivity contribution in [1.82, 2.24) is 29.7 Å². The number of ether oxygens (including phenoxy) is 1. The Morgan fingerprint density at radius 2 is 1.81 bits per heavy atom. The fourth-order valence-electron chi connectivity index (χ4n) is 4.33. The number of nitrogens with zero attached hydrogens (tertiary/aromatic N) is 6. The number of aromatic amines is 1. The highest BCUT2D eigenvalue weighted by Gasteiger charge is 2.28.